The molecule has 0 spiro atoms. The van der Waals surface area contributed by atoms with Crippen molar-refractivity contribution in [3.8, 4) is 22.8 Å². The van der Waals surface area contributed by atoms with Gasteiger partial charge in [-0.2, -0.15) is 0 Å². The molecule has 4 aromatic rings. The molecule has 1 aromatic heterocycles. The first-order chi connectivity index (χ1) is 14.1. The number of anilines is 2. The van der Waals surface area contributed by atoms with E-state index < -0.39 is 4.92 Å². The maximum absolute atomic E-state index is 13.0. The highest BCUT2D eigenvalue weighted by Crippen LogP contribution is 2.29. The first kappa shape index (κ1) is 18.6. The molecule has 0 amide bonds. The molecule has 0 unspecified atom stereocenters. The molecule has 0 saturated heterocycles. The molecule has 1 heterocycles. The quantitative estimate of drug-likeness (QED) is 0.296. The van der Waals surface area contributed by atoms with E-state index in [9.17, 15) is 14.5 Å². The fourth-order valence-electron chi connectivity index (χ4n) is 2.59. The van der Waals surface area contributed by atoms with E-state index in [1.165, 1.54) is 35.6 Å². The van der Waals surface area contributed by atoms with Crippen molar-refractivity contribution in [1.82, 2.24) is 4.98 Å². The third-order valence-electron chi connectivity index (χ3n) is 4.03. The van der Waals surface area contributed by atoms with Crippen LogP contribution in [0.2, 0.25) is 0 Å². The molecule has 0 aliphatic heterocycles. The summed E-state index contributed by atoms with van der Waals surface area (Å²) in [6, 6.07) is 19.4. The van der Waals surface area contributed by atoms with Gasteiger partial charge < -0.3 is 10.1 Å². The number of nitro groups is 1. The Kier molecular flexibility index (Phi) is 5.17. The molecule has 0 aliphatic carbocycles. The molecule has 0 atom stereocenters. The third-order valence-corrected chi connectivity index (χ3v) is 4.79. The highest BCUT2D eigenvalue weighted by Gasteiger charge is 2.07. The van der Waals surface area contributed by atoms with Crippen molar-refractivity contribution in [2.24, 2.45) is 0 Å². The Balaban J connectivity index is 1.40. The van der Waals surface area contributed by atoms with Crippen molar-refractivity contribution in [1.29, 1.82) is 0 Å². The van der Waals surface area contributed by atoms with Gasteiger partial charge >= 0.3 is 0 Å². The average Bonchev–Trinajstić information content (AvgIpc) is 3.19. The van der Waals surface area contributed by atoms with E-state index in [1.54, 1.807) is 36.4 Å². The van der Waals surface area contributed by atoms with Crippen LogP contribution >= 0.6 is 11.3 Å². The molecule has 0 fully saturated rings. The molecular formula is C21H14FN3O3S. The van der Waals surface area contributed by atoms with Crippen molar-refractivity contribution in [3.63, 3.8) is 0 Å². The highest BCUT2D eigenvalue weighted by molar-refractivity contribution is 7.14. The first-order valence-electron chi connectivity index (χ1n) is 8.58. The Morgan fingerprint density at radius 3 is 2.17 bits per heavy atom. The number of non-ortho nitro benzene ring substituents is 1. The number of benzene rings is 3. The largest absolute Gasteiger partial charge is 0.457 e. The lowest BCUT2D eigenvalue weighted by Gasteiger charge is -2.07. The smallest absolute Gasteiger partial charge is 0.269 e. The van der Waals surface area contributed by atoms with Gasteiger partial charge in [-0.1, -0.05) is 0 Å². The number of nitrogens with one attached hydrogen (secondary N) is 1. The molecule has 0 aliphatic rings. The fraction of sp³-hybridized carbons (Fsp3) is 0. The van der Waals surface area contributed by atoms with Crippen LogP contribution in [0.4, 0.5) is 20.9 Å². The summed E-state index contributed by atoms with van der Waals surface area (Å²) >= 11 is 1.45. The van der Waals surface area contributed by atoms with E-state index in [1.807, 2.05) is 17.5 Å². The minimum absolute atomic E-state index is 0.0142. The van der Waals surface area contributed by atoms with Crippen LogP contribution in [-0.4, -0.2) is 9.91 Å². The van der Waals surface area contributed by atoms with Crippen LogP contribution in [0.5, 0.6) is 11.5 Å². The molecule has 3 aromatic carbocycles. The van der Waals surface area contributed by atoms with E-state index in [2.05, 4.69) is 10.3 Å². The first-order valence-corrected chi connectivity index (χ1v) is 9.46. The van der Waals surface area contributed by atoms with Gasteiger partial charge in [-0.05, 0) is 60.7 Å². The van der Waals surface area contributed by atoms with Crippen LogP contribution in [0, 0.1) is 15.9 Å². The Hall–Kier alpha value is -3.78. The van der Waals surface area contributed by atoms with Gasteiger partial charge in [0.25, 0.3) is 5.69 Å². The summed E-state index contributed by atoms with van der Waals surface area (Å²) in [7, 11) is 0. The van der Waals surface area contributed by atoms with Crippen LogP contribution in [0.25, 0.3) is 11.3 Å². The average molecular weight is 407 g/mol. The van der Waals surface area contributed by atoms with Gasteiger partial charge in [-0.3, -0.25) is 10.1 Å². The second-order valence-electron chi connectivity index (χ2n) is 6.05. The van der Waals surface area contributed by atoms with Crippen molar-refractivity contribution >= 4 is 27.8 Å². The molecule has 6 nitrogen and oxygen atoms in total. The zero-order chi connectivity index (χ0) is 20.2. The predicted molar refractivity (Wildman–Crippen MR) is 110 cm³/mol. The molecule has 1 N–H and O–H groups in total. The summed E-state index contributed by atoms with van der Waals surface area (Å²) in [6.45, 7) is 0. The number of hydrogen-bond donors (Lipinski definition) is 1. The Morgan fingerprint density at radius 1 is 0.931 bits per heavy atom. The van der Waals surface area contributed by atoms with Gasteiger partial charge in [0.1, 0.15) is 17.3 Å². The molecular weight excluding hydrogens is 393 g/mol. The summed E-state index contributed by atoms with van der Waals surface area (Å²) in [4.78, 5) is 14.8. The summed E-state index contributed by atoms with van der Waals surface area (Å²) in [5.41, 5.74) is 2.47. The summed E-state index contributed by atoms with van der Waals surface area (Å²) in [5, 5.41) is 16.5. The van der Waals surface area contributed by atoms with Gasteiger partial charge in [0.2, 0.25) is 0 Å². The Labute approximate surface area is 169 Å². The number of rotatable bonds is 6. The summed E-state index contributed by atoms with van der Waals surface area (Å²) in [6.07, 6.45) is 0. The lowest BCUT2D eigenvalue weighted by molar-refractivity contribution is -0.384. The number of nitrogens with zero attached hydrogens (tertiary/aromatic N) is 2. The minimum atomic E-state index is -0.454. The second-order valence-corrected chi connectivity index (χ2v) is 6.91. The van der Waals surface area contributed by atoms with Crippen LogP contribution in [0.1, 0.15) is 0 Å². The second kappa shape index (κ2) is 8.07. The van der Waals surface area contributed by atoms with E-state index in [0.29, 0.717) is 16.6 Å². The number of ether oxygens (including phenoxy) is 1. The van der Waals surface area contributed by atoms with Crippen molar-refractivity contribution < 1.29 is 14.1 Å². The monoisotopic (exact) mass is 407 g/mol. The summed E-state index contributed by atoms with van der Waals surface area (Å²) < 4.78 is 18.7. The van der Waals surface area contributed by atoms with Crippen molar-refractivity contribution in [2.75, 3.05) is 5.32 Å². The number of aromatic nitrogens is 1. The van der Waals surface area contributed by atoms with E-state index >= 15 is 0 Å². The zero-order valence-electron chi connectivity index (χ0n) is 14.9. The Morgan fingerprint density at radius 2 is 1.55 bits per heavy atom. The maximum Gasteiger partial charge on any atom is 0.269 e. The lowest BCUT2D eigenvalue weighted by atomic mass is 10.2. The topological polar surface area (TPSA) is 77.3 Å². The van der Waals surface area contributed by atoms with Crippen LogP contribution in [0.15, 0.2) is 78.2 Å². The molecule has 8 heteroatoms. The maximum atomic E-state index is 13.0. The van der Waals surface area contributed by atoms with Gasteiger partial charge in [-0.15, -0.1) is 11.3 Å². The van der Waals surface area contributed by atoms with Crippen molar-refractivity contribution in [3.05, 3.63) is 94.1 Å². The van der Waals surface area contributed by atoms with E-state index in [4.69, 9.17) is 4.74 Å². The SMILES string of the molecule is O=[N+]([O-])c1ccc(Oc2ccc(Nc3nc(-c4ccc(F)cc4)cs3)cc2)cc1. The van der Waals surface area contributed by atoms with Gasteiger partial charge in [0.05, 0.1) is 10.6 Å². The Bertz CT molecular complexity index is 1130. The standard InChI is InChI=1S/C21H14FN3O3S/c22-15-3-1-14(2-4-15)20-13-29-21(24-20)23-16-5-9-18(10-6-16)28-19-11-7-17(8-12-19)25(26)27/h1-13H,(H,23,24). The number of nitro benzene ring substituents is 1. The fourth-order valence-corrected chi connectivity index (χ4v) is 3.33. The number of thiazole rings is 1. The van der Waals surface area contributed by atoms with Gasteiger partial charge in [-0.25, -0.2) is 9.37 Å². The molecule has 0 radical (unpaired) electrons. The predicted octanol–water partition coefficient (Wildman–Crippen LogP) is 6.39. The zero-order valence-corrected chi connectivity index (χ0v) is 15.7. The third kappa shape index (κ3) is 4.56. The molecule has 0 saturated carbocycles. The molecule has 4 rings (SSSR count). The van der Waals surface area contributed by atoms with E-state index in [-0.39, 0.29) is 11.5 Å². The molecule has 0 bridgehead atoms. The van der Waals surface area contributed by atoms with Crippen LogP contribution in [-0.2, 0) is 0 Å². The molecule has 29 heavy (non-hydrogen) atoms. The van der Waals surface area contributed by atoms with Crippen LogP contribution in [0.3, 0.4) is 0 Å². The summed E-state index contributed by atoms with van der Waals surface area (Å²) in [5.74, 6) is 0.842. The number of halogens is 1. The van der Waals surface area contributed by atoms with E-state index in [0.717, 1.165) is 16.9 Å². The minimum Gasteiger partial charge on any atom is -0.457 e. The van der Waals surface area contributed by atoms with Crippen LogP contribution < -0.4 is 10.1 Å². The number of hydrogen-bond acceptors (Lipinski definition) is 6. The molecule has 144 valence electrons. The van der Waals surface area contributed by atoms with Gasteiger partial charge in [0, 0.05) is 28.8 Å². The van der Waals surface area contributed by atoms with Gasteiger partial charge in [0.15, 0.2) is 5.13 Å². The van der Waals surface area contributed by atoms with Crippen molar-refractivity contribution in [2.45, 2.75) is 0 Å². The highest BCUT2D eigenvalue weighted by atomic mass is 32.1. The normalized spacial score (nSPS) is 10.5. The lowest BCUT2D eigenvalue weighted by Crippen LogP contribution is -1.91.